The summed E-state index contributed by atoms with van der Waals surface area (Å²) in [5, 5.41) is 12.2. The quantitative estimate of drug-likeness (QED) is 0.530. The number of carbonyl (C=O) groups is 3. The number of piperidine rings is 1. The van der Waals surface area contributed by atoms with Gasteiger partial charge in [0, 0.05) is 13.1 Å². The van der Waals surface area contributed by atoms with Crippen LogP contribution in [-0.2, 0) is 20.7 Å². The molecular formula is C25H38N2O5. The number of likely N-dealkylation sites (tertiary alicyclic amines) is 1. The van der Waals surface area contributed by atoms with Crippen molar-refractivity contribution in [1.29, 1.82) is 0 Å². The van der Waals surface area contributed by atoms with Gasteiger partial charge in [0.25, 0.3) is 0 Å². The smallest absolute Gasteiger partial charge is 0.408 e. The van der Waals surface area contributed by atoms with Crippen molar-refractivity contribution in [2.24, 2.45) is 11.8 Å². The predicted molar refractivity (Wildman–Crippen MR) is 123 cm³/mol. The van der Waals surface area contributed by atoms with Crippen LogP contribution in [-0.4, -0.2) is 53.2 Å². The van der Waals surface area contributed by atoms with Gasteiger partial charge in [0.1, 0.15) is 6.04 Å². The average molecular weight is 447 g/mol. The van der Waals surface area contributed by atoms with Crippen molar-refractivity contribution in [3.8, 4) is 0 Å². The summed E-state index contributed by atoms with van der Waals surface area (Å²) in [6.45, 7) is 7.22. The van der Waals surface area contributed by atoms with E-state index < -0.39 is 24.2 Å². The molecule has 1 fully saturated rings. The lowest BCUT2D eigenvalue weighted by molar-refractivity contribution is -0.147. The molecule has 0 saturated carbocycles. The van der Waals surface area contributed by atoms with Gasteiger partial charge in [-0.3, -0.25) is 4.79 Å². The number of alkyl carbamates (subject to hydrolysis) is 1. The topological polar surface area (TPSA) is 95.9 Å². The first-order valence-electron chi connectivity index (χ1n) is 11.8. The largest absolute Gasteiger partial charge is 0.479 e. The van der Waals surface area contributed by atoms with E-state index in [1.54, 1.807) is 4.90 Å². The average Bonchev–Trinajstić information content (AvgIpc) is 2.81. The Hall–Kier alpha value is -2.57. The number of nitrogens with one attached hydrogen (secondary N) is 1. The van der Waals surface area contributed by atoms with E-state index in [4.69, 9.17) is 4.74 Å². The monoisotopic (exact) mass is 446 g/mol. The molecule has 1 saturated heterocycles. The van der Waals surface area contributed by atoms with Crippen LogP contribution in [0.25, 0.3) is 0 Å². The Balaban J connectivity index is 1.92. The Morgan fingerprint density at radius 2 is 1.75 bits per heavy atom. The van der Waals surface area contributed by atoms with Crippen molar-refractivity contribution in [2.75, 3.05) is 13.1 Å². The van der Waals surface area contributed by atoms with Gasteiger partial charge in [0.2, 0.25) is 12.0 Å². The second-order valence-corrected chi connectivity index (χ2v) is 8.99. The predicted octanol–water partition coefficient (Wildman–Crippen LogP) is 4.25. The third kappa shape index (κ3) is 8.17. The molecule has 178 valence electrons. The highest BCUT2D eigenvalue weighted by Crippen LogP contribution is 2.18. The number of hydrogen-bond acceptors (Lipinski definition) is 4. The zero-order chi connectivity index (χ0) is 23.5. The number of hydrogen-bond donors (Lipinski definition) is 2. The Morgan fingerprint density at radius 1 is 1.09 bits per heavy atom. The maximum atomic E-state index is 13.0. The van der Waals surface area contributed by atoms with Crippen LogP contribution in [0, 0.1) is 11.8 Å². The van der Waals surface area contributed by atoms with Crippen LogP contribution in [0.2, 0.25) is 0 Å². The van der Waals surface area contributed by atoms with Crippen LogP contribution >= 0.6 is 0 Å². The van der Waals surface area contributed by atoms with Gasteiger partial charge >= 0.3 is 12.1 Å². The molecule has 1 aliphatic heterocycles. The fourth-order valence-corrected chi connectivity index (χ4v) is 4.02. The minimum Gasteiger partial charge on any atom is -0.479 e. The molecule has 4 atom stereocenters. The highest BCUT2D eigenvalue weighted by Gasteiger charge is 2.33. The van der Waals surface area contributed by atoms with Crippen LogP contribution in [0.1, 0.15) is 64.9 Å². The van der Waals surface area contributed by atoms with Crippen LogP contribution in [0.3, 0.4) is 0 Å². The lowest BCUT2D eigenvalue weighted by Crippen LogP contribution is -2.53. The molecule has 1 aromatic carbocycles. The van der Waals surface area contributed by atoms with Gasteiger partial charge in [-0.1, -0.05) is 57.5 Å². The van der Waals surface area contributed by atoms with Crippen LogP contribution in [0.5, 0.6) is 0 Å². The molecule has 0 bridgehead atoms. The van der Waals surface area contributed by atoms with E-state index in [0.717, 1.165) is 32.1 Å². The number of carboxylic acids is 1. The first-order chi connectivity index (χ1) is 15.3. The number of ether oxygens (including phenoxy) is 1. The van der Waals surface area contributed by atoms with E-state index in [0.29, 0.717) is 19.5 Å². The Labute approximate surface area is 191 Å². The zero-order valence-corrected chi connectivity index (χ0v) is 19.6. The molecule has 7 heteroatoms. The Morgan fingerprint density at radius 3 is 2.34 bits per heavy atom. The second-order valence-electron chi connectivity index (χ2n) is 8.99. The molecule has 1 aromatic rings. The van der Waals surface area contributed by atoms with Crippen molar-refractivity contribution >= 4 is 18.0 Å². The van der Waals surface area contributed by atoms with Gasteiger partial charge in [0.05, 0.1) is 0 Å². The van der Waals surface area contributed by atoms with Crippen molar-refractivity contribution in [3.63, 3.8) is 0 Å². The number of nitrogens with zero attached hydrogens (tertiary/aromatic N) is 1. The summed E-state index contributed by atoms with van der Waals surface area (Å²) in [6, 6.07) is 9.29. The van der Waals surface area contributed by atoms with E-state index in [1.165, 1.54) is 5.56 Å². The number of aliphatic carboxylic acids is 1. The lowest BCUT2D eigenvalue weighted by atomic mass is 9.95. The number of aryl methyl sites for hydroxylation is 1. The number of rotatable bonds is 11. The number of amides is 2. The highest BCUT2D eigenvalue weighted by molar-refractivity contribution is 5.86. The SMILES string of the molecule is CC[C@H](C)[C@H](NC(=O)O[C@@H](CC(C)CCc1ccccc1)C(=O)O)C(=O)N1CCCCC1. The van der Waals surface area contributed by atoms with Crippen LogP contribution in [0.15, 0.2) is 30.3 Å². The third-order valence-electron chi connectivity index (χ3n) is 6.33. The molecule has 0 radical (unpaired) electrons. The summed E-state index contributed by atoms with van der Waals surface area (Å²) in [4.78, 5) is 39.1. The van der Waals surface area contributed by atoms with Crippen molar-refractivity contribution in [1.82, 2.24) is 10.2 Å². The summed E-state index contributed by atoms with van der Waals surface area (Å²) in [7, 11) is 0. The molecule has 0 aliphatic carbocycles. The van der Waals surface area contributed by atoms with Crippen molar-refractivity contribution in [2.45, 2.75) is 77.9 Å². The summed E-state index contributed by atoms with van der Waals surface area (Å²) >= 11 is 0. The summed E-state index contributed by atoms with van der Waals surface area (Å²) in [5.74, 6) is -1.30. The van der Waals surface area contributed by atoms with Gasteiger partial charge in [-0.05, 0) is 55.9 Å². The summed E-state index contributed by atoms with van der Waals surface area (Å²) in [6.07, 6.45) is 3.51. The van der Waals surface area contributed by atoms with Crippen molar-refractivity contribution < 1.29 is 24.2 Å². The molecule has 2 rings (SSSR count). The molecule has 2 N–H and O–H groups in total. The molecule has 0 spiro atoms. The van der Waals surface area contributed by atoms with E-state index in [-0.39, 0.29) is 24.2 Å². The van der Waals surface area contributed by atoms with Crippen LogP contribution in [0.4, 0.5) is 4.79 Å². The number of carbonyl (C=O) groups excluding carboxylic acids is 2. The maximum absolute atomic E-state index is 13.0. The normalized spacial score (nSPS) is 17.7. The molecule has 2 amide bonds. The third-order valence-corrected chi connectivity index (χ3v) is 6.33. The first-order valence-corrected chi connectivity index (χ1v) is 11.8. The highest BCUT2D eigenvalue weighted by atomic mass is 16.6. The lowest BCUT2D eigenvalue weighted by Gasteiger charge is -2.33. The second kappa shape index (κ2) is 13.1. The maximum Gasteiger partial charge on any atom is 0.408 e. The van der Waals surface area contributed by atoms with Gasteiger partial charge in [0.15, 0.2) is 0 Å². The zero-order valence-electron chi connectivity index (χ0n) is 19.6. The van der Waals surface area contributed by atoms with Crippen LogP contribution < -0.4 is 5.32 Å². The summed E-state index contributed by atoms with van der Waals surface area (Å²) < 4.78 is 5.28. The van der Waals surface area contributed by atoms with Gasteiger partial charge in [-0.2, -0.15) is 0 Å². The van der Waals surface area contributed by atoms with Gasteiger partial charge in [-0.25, -0.2) is 9.59 Å². The van der Waals surface area contributed by atoms with Crippen molar-refractivity contribution in [3.05, 3.63) is 35.9 Å². The Bertz CT molecular complexity index is 733. The molecule has 0 aromatic heterocycles. The summed E-state index contributed by atoms with van der Waals surface area (Å²) in [5.41, 5.74) is 1.19. The molecule has 1 heterocycles. The molecule has 7 nitrogen and oxygen atoms in total. The van der Waals surface area contributed by atoms with E-state index >= 15 is 0 Å². The Kier molecular flexibility index (Phi) is 10.5. The molecule has 1 unspecified atom stereocenters. The molecule has 1 aliphatic rings. The number of carboxylic acid groups (broad SMARTS) is 1. The number of benzene rings is 1. The molecule has 32 heavy (non-hydrogen) atoms. The fraction of sp³-hybridized carbons (Fsp3) is 0.640. The van der Waals surface area contributed by atoms with E-state index in [1.807, 2.05) is 51.1 Å². The van der Waals surface area contributed by atoms with Gasteiger partial charge < -0.3 is 20.1 Å². The minimum atomic E-state index is -1.25. The minimum absolute atomic E-state index is 0.0597. The van der Waals surface area contributed by atoms with E-state index in [9.17, 15) is 19.5 Å². The standard InChI is InChI=1S/C25H38N2O5/c1-4-19(3)22(23(28)27-15-9-6-10-16-27)26-25(31)32-21(24(29)30)17-18(2)13-14-20-11-7-5-8-12-20/h5,7-8,11-12,18-19,21-22H,4,6,9-10,13-17H2,1-3H3,(H,26,31)(H,29,30)/t18?,19-,21-,22-/m0/s1. The molecular weight excluding hydrogens is 408 g/mol. The van der Waals surface area contributed by atoms with Gasteiger partial charge in [-0.15, -0.1) is 0 Å². The first kappa shape index (κ1) is 25.7. The fourth-order valence-electron chi connectivity index (χ4n) is 4.02. The van der Waals surface area contributed by atoms with E-state index in [2.05, 4.69) is 5.32 Å².